The third kappa shape index (κ3) is 4.98. The van der Waals surface area contributed by atoms with Crippen LogP contribution < -0.4 is 10.1 Å². The zero-order chi connectivity index (χ0) is 21.6. The molecule has 1 aromatic heterocycles. The van der Waals surface area contributed by atoms with Crippen molar-refractivity contribution >= 4 is 28.7 Å². The van der Waals surface area contributed by atoms with Crippen molar-refractivity contribution < 1.29 is 9.53 Å². The highest BCUT2D eigenvalue weighted by Gasteiger charge is 2.10. The molecule has 3 aromatic carbocycles. The van der Waals surface area contributed by atoms with E-state index in [9.17, 15) is 10.1 Å². The molecule has 6 heteroatoms. The first-order valence-corrected chi connectivity index (χ1v) is 9.77. The number of nitriles is 1. The number of hydrogen-bond acceptors (Lipinski definition) is 4. The van der Waals surface area contributed by atoms with E-state index in [2.05, 4.69) is 15.3 Å². The van der Waals surface area contributed by atoms with Crippen LogP contribution in [0, 0.1) is 18.3 Å². The molecule has 0 saturated heterocycles. The van der Waals surface area contributed by atoms with Crippen molar-refractivity contribution in [2.45, 2.75) is 13.5 Å². The summed E-state index contributed by atoms with van der Waals surface area (Å²) in [6, 6.07) is 24.4. The van der Waals surface area contributed by atoms with Crippen LogP contribution >= 0.6 is 0 Å². The number of nitrogens with one attached hydrogen (secondary N) is 2. The van der Waals surface area contributed by atoms with E-state index in [-0.39, 0.29) is 5.57 Å². The van der Waals surface area contributed by atoms with E-state index in [1.54, 1.807) is 36.4 Å². The lowest BCUT2D eigenvalue weighted by molar-refractivity contribution is -0.112. The van der Waals surface area contributed by atoms with E-state index < -0.39 is 5.91 Å². The molecule has 0 spiro atoms. The molecular formula is C25H20N4O2. The van der Waals surface area contributed by atoms with Gasteiger partial charge < -0.3 is 15.0 Å². The number of nitrogens with zero attached hydrogens (tertiary/aromatic N) is 2. The number of ether oxygens (including phenoxy) is 1. The highest BCUT2D eigenvalue weighted by atomic mass is 16.5. The molecule has 0 bridgehead atoms. The number of imidazole rings is 1. The second-order valence-electron chi connectivity index (χ2n) is 7.05. The summed E-state index contributed by atoms with van der Waals surface area (Å²) in [6.45, 7) is 2.25. The molecule has 1 heterocycles. The Labute approximate surface area is 179 Å². The van der Waals surface area contributed by atoms with Gasteiger partial charge in [-0.1, -0.05) is 36.4 Å². The van der Waals surface area contributed by atoms with Crippen molar-refractivity contribution in [2.24, 2.45) is 0 Å². The van der Waals surface area contributed by atoms with Crippen molar-refractivity contribution in [3.63, 3.8) is 0 Å². The van der Waals surface area contributed by atoms with Gasteiger partial charge in [-0.05, 0) is 60.5 Å². The van der Waals surface area contributed by atoms with Crippen LogP contribution in [0.1, 0.15) is 17.0 Å². The Kier molecular flexibility index (Phi) is 5.77. The fraction of sp³-hybridized carbons (Fsp3) is 0.0800. The van der Waals surface area contributed by atoms with Gasteiger partial charge in [-0.2, -0.15) is 5.26 Å². The minimum atomic E-state index is -0.446. The van der Waals surface area contributed by atoms with Crippen molar-refractivity contribution in [3.8, 4) is 11.8 Å². The Morgan fingerprint density at radius 1 is 1.13 bits per heavy atom. The summed E-state index contributed by atoms with van der Waals surface area (Å²) in [5, 5.41) is 12.2. The van der Waals surface area contributed by atoms with Crippen molar-refractivity contribution in [1.82, 2.24) is 9.97 Å². The lowest BCUT2D eigenvalue weighted by atomic mass is 10.1. The summed E-state index contributed by atoms with van der Waals surface area (Å²) in [6.07, 6.45) is 1.55. The van der Waals surface area contributed by atoms with Crippen LogP contribution in [-0.2, 0) is 11.4 Å². The topological polar surface area (TPSA) is 90.8 Å². The molecule has 0 aliphatic rings. The summed E-state index contributed by atoms with van der Waals surface area (Å²) >= 11 is 0. The predicted molar refractivity (Wildman–Crippen MR) is 120 cm³/mol. The van der Waals surface area contributed by atoms with E-state index in [1.807, 2.05) is 55.5 Å². The number of H-pyrrole nitrogens is 1. The molecule has 0 unspecified atom stereocenters. The molecule has 0 fully saturated rings. The van der Waals surface area contributed by atoms with E-state index in [0.717, 1.165) is 28.0 Å². The Hall–Kier alpha value is -4.37. The number of para-hydroxylation sites is 2. The summed E-state index contributed by atoms with van der Waals surface area (Å²) < 4.78 is 5.79. The second-order valence-corrected chi connectivity index (χ2v) is 7.05. The molecule has 0 aliphatic carbocycles. The van der Waals surface area contributed by atoms with E-state index in [1.165, 1.54) is 0 Å². The van der Waals surface area contributed by atoms with Crippen LogP contribution in [0.4, 0.5) is 5.69 Å². The third-order valence-electron chi connectivity index (χ3n) is 4.65. The molecule has 0 atom stereocenters. The van der Waals surface area contributed by atoms with Crippen molar-refractivity contribution in [1.29, 1.82) is 5.26 Å². The van der Waals surface area contributed by atoms with Crippen molar-refractivity contribution in [3.05, 3.63) is 95.3 Å². The van der Waals surface area contributed by atoms with Crippen LogP contribution in [0.5, 0.6) is 5.75 Å². The van der Waals surface area contributed by atoms with Gasteiger partial charge >= 0.3 is 0 Å². The highest BCUT2D eigenvalue weighted by Crippen LogP contribution is 2.18. The van der Waals surface area contributed by atoms with Crippen LogP contribution in [0.3, 0.4) is 0 Å². The molecule has 4 rings (SSSR count). The monoisotopic (exact) mass is 408 g/mol. The second kappa shape index (κ2) is 8.97. The fourth-order valence-electron chi connectivity index (χ4n) is 3.12. The normalized spacial score (nSPS) is 11.2. The van der Waals surface area contributed by atoms with Crippen LogP contribution in [0.15, 0.2) is 78.4 Å². The van der Waals surface area contributed by atoms with Gasteiger partial charge in [-0.15, -0.1) is 0 Å². The standard InChI is InChI=1S/C25H20N4O2/c1-17-5-4-6-20(13-17)27-25(30)19(15-26)14-18-9-11-21(12-10-18)31-16-24-28-22-7-2-3-8-23(22)29-24/h2-14H,16H2,1H3,(H,27,30)(H,28,29)/b19-14+. The first-order valence-electron chi connectivity index (χ1n) is 9.77. The van der Waals surface area contributed by atoms with Gasteiger partial charge in [0.1, 0.15) is 29.8 Å². The lowest BCUT2D eigenvalue weighted by Gasteiger charge is -2.06. The number of aromatic nitrogens is 2. The smallest absolute Gasteiger partial charge is 0.266 e. The number of aromatic amines is 1. The van der Waals surface area contributed by atoms with E-state index in [0.29, 0.717) is 18.0 Å². The SMILES string of the molecule is Cc1cccc(NC(=O)/C(C#N)=C/c2ccc(OCc3nc4ccccc4[nH]3)cc2)c1. The van der Waals surface area contributed by atoms with Gasteiger partial charge in [0, 0.05) is 5.69 Å². The number of benzene rings is 3. The minimum Gasteiger partial charge on any atom is -0.486 e. The third-order valence-corrected chi connectivity index (χ3v) is 4.65. The number of fused-ring (bicyclic) bond motifs is 1. The molecular weight excluding hydrogens is 388 g/mol. The Balaban J connectivity index is 1.40. The quantitative estimate of drug-likeness (QED) is 0.347. The molecule has 1 amide bonds. The molecule has 0 aliphatic heterocycles. The Bertz CT molecular complexity index is 1260. The number of carbonyl (C=O) groups excluding carboxylic acids is 1. The van der Waals surface area contributed by atoms with Gasteiger partial charge in [0.15, 0.2) is 0 Å². The maximum atomic E-state index is 12.4. The zero-order valence-electron chi connectivity index (χ0n) is 16.9. The zero-order valence-corrected chi connectivity index (χ0v) is 16.9. The molecule has 152 valence electrons. The first kappa shape index (κ1) is 19.9. The van der Waals surface area contributed by atoms with Crippen LogP contribution in [0.25, 0.3) is 17.1 Å². The lowest BCUT2D eigenvalue weighted by Crippen LogP contribution is -2.13. The van der Waals surface area contributed by atoms with Gasteiger partial charge in [0.25, 0.3) is 5.91 Å². The largest absolute Gasteiger partial charge is 0.486 e. The minimum absolute atomic E-state index is 0.0254. The number of rotatable bonds is 6. The molecule has 31 heavy (non-hydrogen) atoms. The Morgan fingerprint density at radius 3 is 2.68 bits per heavy atom. The summed E-state index contributed by atoms with van der Waals surface area (Å²) in [5.74, 6) is 0.961. The Morgan fingerprint density at radius 2 is 1.94 bits per heavy atom. The van der Waals surface area contributed by atoms with Gasteiger partial charge in [0.05, 0.1) is 11.0 Å². The molecule has 0 radical (unpaired) electrons. The van der Waals surface area contributed by atoms with Crippen LogP contribution in [-0.4, -0.2) is 15.9 Å². The molecule has 6 nitrogen and oxygen atoms in total. The van der Waals surface area contributed by atoms with Gasteiger partial charge in [0.2, 0.25) is 0 Å². The van der Waals surface area contributed by atoms with Gasteiger partial charge in [-0.3, -0.25) is 4.79 Å². The van der Waals surface area contributed by atoms with Crippen LogP contribution in [0.2, 0.25) is 0 Å². The molecule has 4 aromatic rings. The number of aryl methyl sites for hydroxylation is 1. The molecule has 2 N–H and O–H groups in total. The predicted octanol–water partition coefficient (Wildman–Crippen LogP) is 5.00. The van der Waals surface area contributed by atoms with Crippen molar-refractivity contribution in [2.75, 3.05) is 5.32 Å². The number of carbonyl (C=O) groups is 1. The molecule has 0 saturated carbocycles. The number of hydrogen-bond donors (Lipinski definition) is 2. The number of amides is 1. The average molecular weight is 408 g/mol. The maximum absolute atomic E-state index is 12.4. The van der Waals surface area contributed by atoms with E-state index >= 15 is 0 Å². The van der Waals surface area contributed by atoms with Gasteiger partial charge in [-0.25, -0.2) is 4.98 Å². The average Bonchev–Trinajstić information content (AvgIpc) is 3.20. The summed E-state index contributed by atoms with van der Waals surface area (Å²) in [5.41, 5.74) is 4.30. The summed E-state index contributed by atoms with van der Waals surface area (Å²) in [7, 11) is 0. The highest BCUT2D eigenvalue weighted by molar-refractivity contribution is 6.09. The van der Waals surface area contributed by atoms with E-state index in [4.69, 9.17) is 4.74 Å². The number of anilines is 1. The summed E-state index contributed by atoms with van der Waals surface area (Å²) in [4.78, 5) is 20.1. The maximum Gasteiger partial charge on any atom is 0.266 e. The fourth-order valence-corrected chi connectivity index (χ4v) is 3.12. The first-order chi connectivity index (χ1) is 15.1.